The number of hydrogen-bond donors (Lipinski definition) is 2. The Morgan fingerprint density at radius 2 is 1.88 bits per heavy atom. The van der Waals surface area contributed by atoms with E-state index in [0.29, 0.717) is 5.75 Å². The first kappa shape index (κ1) is 16.5. The minimum Gasteiger partial charge on any atom is -0.504 e. The van der Waals surface area contributed by atoms with Crippen LogP contribution in [0.4, 0.5) is 11.5 Å². The summed E-state index contributed by atoms with van der Waals surface area (Å²) in [6.45, 7) is 0. The first-order chi connectivity index (χ1) is 12.7. The van der Waals surface area contributed by atoms with Crippen LogP contribution in [-0.2, 0) is 0 Å². The first-order valence-electron chi connectivity index (χ1n) is 8.03. The van der Waals surface area contributed by atoms with E-state index in [0.717, 1.165) is 32.9 Å². The Bertz CT molecular complexity index is 1070. The molecule has 0 atom stereocenters. The number of nitrogens with one attached hydrogen (secondary N) is 1. The number of imidazole rings is 1. The summed E-state index contributed by atoms with van der Waals surface area (Å²) in [7, 11) is 1.53. The highest BCUT2D eigenvalue weighted by Gasteiger charge is 2.16. The molecule has 0 saturated carbocycles. The van der Waals surface area contributed by atoms with Crippen molar-refractivity contribution in [2.24, 2.45) is 0 Å². The highest BCUT2D eigenvalue weighted by atomic mass is 79.9. The average Bonchev–Trinajstić information content (AvgIpc) is 3.02. The maximum atomic E-state index is 9.88. The van der Waals surface area contributed by atoms with Gasteiger partial charge in [0.25, 0.3) is 0 Å². The Kier molecular flexibility index (Phi) is 4.26. The van der Waals surface area contributed by atoms with Crippen LogP contribution in [0.3, 0.4) is 0 Å². The van der Waals surface area contributed by atoms with Crippen LogP contribution < -0.4 is 10.1 Å². The van der Waals surface area contributed by atoms with Crippen LogP contribution in [0.1, 0.15) is 0 Å². The van der Waals surface area contributed by atoms with Crippen LogP contribution in [0.5, 0.6) is 11.5 Å². The molecule has 4 rings (SSSR count). The van der Waals surface area contributed by atoms with Gasteiger partial charge >= 0.3 is 0 Å². The number of nitrogens with zero attached hydrogens (tertiary/aromatic N) is 2. The molecule has 2 heterocycles. The van der Waals surface area contributed by atoms with Gasteiger partial charge in [-0.3, -0.25) is 4.40 Å². The van der Waals surface area contributed by atoms with E-state index in [1.54, 1.807) is 12.1 Å². The third-order valence-corrected chi connectivity index (χ3v) is 4.62. The van der Waals surface area contributed by atoms with Gasteiger partial charge in [-0.15, -0.1) is 0 Å². The summed E-state index contributed by atoms with van der Waals surface area (Å²) < 4.78 is 8.26. The van der Waals surface area contributed by atoms with Crippen LogP contribution in [0.15, 0.2) is 71.3 Å². The van der Waals surface area contributed by atoms with E-state index in [9.17, 15) is 5.11 Å². The number of phenols is 1. The van der Waals surface area contributed by atoms with Crippen molar-refractivity contribution in [3.05, 3.63) is 71.3 Å². The van der Waals surface area contributed by atoms with Crippen molar-refractivity contribution in [1.29, 1.82) is 0 Å². The second-order valence-corrected chi connectivity index (χ2v) is 6.67. The zero-order chi connectivity index (χ0) is 18.1. The molecular weight excluding hydrogens is 394 g/mol. The Hall–Kier alpha value is -2.99. The van der Waals surface area contributed by atoms with Crippen molar-refractivity contribution in [2.45, 2.75) is 0 Å². The topological polar surface area (TPSA) is 58.8 Å². The monoisotopic (exact) mass is 409 g/mol. The summed E-state index contributed by atoms with van der Waals surface area (Å²) in [5, 5.41) is 13.3. The molecule has 130 valence electrons. The summed E-state index contributed by atoms with van der Waals surface area (Å²) in [6.07, 6.45) is 1.96. The van der Waals surface area contributed by atoms with E-state index in [-0.39, 0.29) is 5.75 Å². The van der Waals surface area contributed by atoms with E-state index < -0.39 is 0 Å². The van der Waals surface area contributed by atoms with Gasteiger partial charge in [-0.05, 0) is 54.6 Å². The third kappa shape index (κ3) is 2.99. The normalized spacial score (nSPS) is 10.8. The Labute approximate surface area is 159 Å². The van der Waals surface area contributed by atoms with E-state index in [1.165, 1.54) is 7.11 Å². The molecule has 0 bridgehead atoms. The SMILES string of the molecule is COc1cc(-c2nc3ccccn3c2Nc2ccc(Br)cc2)ccc1O. The number of aromatic nitrogens is 2. The van der Waals surface area contributed by atoms with Crippen LogP contribution in [0, 0.1) is 0 Å². The van der Waals surface area contributed by atoms with E-state index in [1.807, 2.05) is 59.1 Å². The van der Waals surface area contributed by atoms with Gasteiger partial charge in [-0.2, -0.15) is 0 Å². The Morgan fingerprint density at radius 3 is 2.65 bits per heavy atom. The molecule has 2 aromatic carbocycles. The first-order valence-corrected chi connectivity index (χ1v) is 8.82. The molecule has 0 aliphatic rings. The van der Waals surface area contributed by atoms with Gasteiger partial charge in [0.15, 0.2) is 11.5 Å². The van der Waals surface area contributed by atoms with E-state index in [2.05, 4.69) is 21.2 Å². The number of methoxy groups -OCH3 is 1. The number of pyridine rings is 1. The number of benzene rings is 2. The lowest BCUT2D eigenvalue weighted by Gasteiger charge is -2.10. The standard InChI is InChI=1S/C20H16BrN3O2/c1-26-17-12-13(5-10-16(17)25)19-20(22-15-8-6-14(21)7-9-15)24-11-3-2-4-18(24)23-19/h2-12,22,25H,1H3. The molecule has 4 aromatic rings. The van der Waals surface area contributed by atoms with Gasteiger partial charge in [0.1, 0.15) is 17.2 Å². The molecule has 2 N–H and O–H groups in total. The summed E-state index contributed by atoms with van der Waals surface area (Å²) in [5.74, 6) is 1.35. The average molecular weight is 410 g/mol. The Morgan fingerprint density at radius 1 is 1.08 bits per heavy atom. The number of anilines is 2. The lowest BCUT2D eigenvalue weighted by Crippen LogP contribution is -1.97. The number of halogens is 1. The van der Waals surface area contributed by atoms with Crippen LogP contribution in [0.2, 0.25) is 0 Å². The third-order valence-electron chi connectivity index (χ3n) is 4.09. The molecule has 0 fully saturated rings. The maximum absolute atomic E-state index is 9.88. The smallest absolute Gasteiger partial charge is 0.161 e. The molecule has 0 aliphatic carbocycles. The number of ether oxygens (including phenoxy) is 1. The lowest BCUT2D eigenvalue weighted by molar-refractivity contribution is 0.373. The second-order valence-electron chi connectivity index (χ2n) is 5.76. The molecule has 0 amide bonds. The molecule has 0 spiro atoms. The highest BCUT2D eigenvalue weighted by Crippen LogP contribution is 2.36. The molecule has 0 radical (unpaired) electrons. The molecule has 26 heavy (non-hydrogen) atoms. The van der Waals surface area contributed by atoms with Crippen LogP contribution >= 0.6 is 15.9 Å². The number of phenolic OH excluding ortho intramolecular Hbond substituents is 1. The minimum absolute atomic E-state index is 0.0995. The zero-order valence-electron chi connectivity index (χ0n) is 14.0. The van der Waals surface area contributed by atoms with Crippen molar-refractivity contribution < 1.29 is 9.84 Å². The fourth-order valence-corrected chi connectivity index (χ4v) is 3.08. The summed E-state index contributed by atoms with van der Waals surface area (Å²) in [4.78, 5) is 4.76. The molecule has 2 aromatic heterocycles. The minimum atomic E-state index is 0.0995. The summed E-state index contributed by atoms with van der Waals surface area (Å²) in [5.41, 5.74) is 3.40. The van der Waals surface area contributed by atoms with E-state index >= 15 is 0 Å². The van der Waals surface area contributed by atoms with Gasteiger partial charge in [0.2, 0.25) is 0 Å². The van der Waals surface area contributed by atoms with Crippen molar-refractivity contribution in [1.82, 2.24) is 9.38 Å². The quantitative estimate of drug-likeness (QED) is 0.484. The molecule has 0 aliphatic heterocycles. The fourth-order valence-electron chi connectivity index (χ4n) is 2.81. The van der Waals surface area contributed by atoms with E-state index in [4.69, 9.17) is 9.72 Å². The van der Waals surface area contributed by atoms with Gasteiger partial charge < -0.3 is 15.2 Å². The van der Waals surface area contributed by atoms with Crippen LogP contribution in [-0.4, -0.2) is 21.6 Å². The molecule has 6 heteroatoms. The van der Waals surface area contributed by atoms with Gasteiger partial charge in [-0.1, -0.05) is 22.0 Å². The van der Waals surface area contributed by atoms with Crippen molar-refractivity contribution in [3.8, 4) is 22.8 Å². The predicted octanol–water partition coefficient (Wildman–Crippen LogP) is 5.22. The van der Waals surface area contributed by atoms with Gasteiger partial charge in [-0.25, -0.2) is 4.98 Å². The number of fused-ring (bicyclic) bond motifs is 1. The molecular formula is C20H16BrN3O2. The predicted molar refractivity (Wildman–Crippen MR) is 106 cm³/mol. The zero-order valence-corrected chi connectivity index (χ0v) is 15.6. The molecule has 5 nitrogen and oxygen atoms in total. The second kappa shape index (κ2) is 6.72. The van der Waals surface area contributed by atoms with Gasteiger partial charge in [0.05, 0.1) is 7.11 Å². The van der Waals surface area contributed by atoms with Crippen molar-refractivity contribution in [3.63, 3.8) is 0 Å². The van der Waals surface area contributed by atoms with Crippen molar-refractivity contribution >= 4 is 33.1 Å². The lowest BCUT2D eigenvalue weighted by atomic mass is 10.1. The maximum Gasteiger partial charge on any atom is 0.161 e. The Balaban J connectivity index is 1.87. The van der Waals surface area contributed by atoms with Crippen molar-refractivity contribution in [2.75, 3.05) is 12.4 Å². The number of aromatic hydroxyl groups is 1. The number of rotatable bonds is 4. The summed E-state index contributed by atoms with van der Waals surface area (Å²) >= 11 is 3.45. The number of hydrogen-bond acceptors (Lipinski definition) is 4. The molecule has 0 unspecified atom stereocenters. The van der Waals surface area contributed by atoms with Gasteiger partial charge in [0, 0.05) is 21.9 Å². The fraction of sp³-hybridized carbons (Fsp3) is 0.0500. The molecule has 0 saturated heterocycles. The summed E-state index contributed by atoms with van der Waals surface area (Å²) in [6, 6.07) is 19.0. The van der Waals surface area contributed by atoms with Crippen LogP contribution in [0.25, 0.3) is 16.9 Å². The largest absolute Gasteiger partial charge is 0.504 e. The highest BCUT2D eigenvalue weighted by molar-refractivity contribution is 9.10.